The lowest BCUT2D eigenvalue weighted by Crippen LogP contribution is -2.91. The quantitative estimate of drug-likeness (QED) is 0.572. The molecule has 0 aliphatic heterocycles. The van der Waals surface area contributed by atoms with E-state index >= 15 is 0 Å². The van der Waals surface area contributed by atoms with E-state index in [0.717, 1.165) is 5.52 Å². The number of nitrogens with one attached hydrogen (secondary N) is 3. The van der Waals surface area contributed by atoms with Gasteiger partial charge < -0.3 is 20.6 Å². The number of carbonyl (C=O) groups is 1. The maximum atomic E-state index is 12.4. The van der Waals surface area contributed by atoms with Crippen molar-refractivity contribution < 1.29 is 10.1 Å². The summed E-state index contributed by atoms with van der Waals surface area (Å²) in [5, 5.41) is 4.92. The van der Waals surface area contributed by atoms with Gasteiger partial charge in [-0.05, 0) is 32.0 Å². The Balaban J connectivity index is 1.65. The van der Waals surface area contributed by atoms with Crippen molar-refractivity contribution in [2.24, 2.45) is 0 Å². The van der Waals surface area contributed by atoms with E-state index in [1.54, 1.807) is 18.2 Å². The molecule has 0 saturated carbocycles. The van der Waals surface area contributed by atoms with E-state index in [4.69, 9.17) is 0 Å². The van der Waals surface area contributed by atoms with Gasteiger partial charge in [0.05, 0.1) is 11.0 Å². The lowest BCUT2D eigenvalue weighted by molar-refractivity contribution is -0.709. The largest absolute Gasteiger partial charge is 0.330 e. The smallest absolute Gasteiger partial charge is 0.323 e. The average molecular weight is 325 g/mol. The zero-order chi connectivity index (χ0) is 17.1. The molecule has 5 N–H and O–H groups in total. The number of hydrogen-bond donors (Lipinski definition) is 4. The molecule has 6 nitrogen and oxygen atoms in total. The number of aromatic amines is 2. The number of rotatable bonds is 5. The minimum Gasteiger partial charge on any atom is -0.330 e. The Morgan fingerprint density at radius 3 is 2.50 bits per heavy atom. The Morgan fingerprint density at radius 2 is 1.75 bits per heavy atom. The molecule has 0 aliphatic carbocycles. The molecule has 1 aromatic heterocycles. The Labute approximate surface area is 139 Å². The van der Waals surface area contributed by atoms with Gasteiger partial charge in [-0.3, -0.25) is 4.79 Å². The zero-order valence-corrected chi connectivity index (χ0v) is 13.7. The van der Waals surface area contributed by atoms with Crippen LogP contribution in [0.2, 0.25) is 0 Å². The number of anilines is 1. The van der Waals surface area contributed by atoms with Crippen LogP contribution in [0.5, 0.6) is 0 Å². The molecule has 0 fully saturated rings. The van der Waals surface area contributed by atoms with Crippen molar-refractivity contribution in [2.45, 2.75) is 25.9 Å². The molecule has 0 spiro atoms. The predicted octanol–water partition coefficient (Wildman–Crippen LogP) is 1.51. The van der Waals surface area contributed by atoms with E-state index in [-0.39, 0.29) is 23.7 Å². The average Bonchev–Trinajstić information content (AvgIpc) is 2.94. The van der Waals surface area contributed by atoms with Gasteiger partial charge in [0.15, 0.2) is 6.04 Å². The van der Waals surface area contributed by atoms with Crippen LogP contribution in [0.1, 0.15) is 25.5 Å². The molecule has 0 bridgehead atoms. The second-order valence-corrected chi connectivity index (χ2v) is 6.01. The van der Waals surface area contributed by atoms with Gasteiger partial charge in [0.2, 0.25) is 0 Å². The molecular formula is C18H21N4O2+. The van der Waals surface area contributed by atoms with Crippen LogP contribution in [0, 0.1) is 0 Å². The number of H-pyrrole nitrogens is 2. The molecule has 3 rings (SSSR count). The fourth-order valence-electron chi connectivity index (χ4n) is 2.75. The molecule has 1 heterocycles. The van der Waals surface area contributed by atoms with Crippen LogP contribution in [0.15, 0.2) is 53.3 Å². The number of nitrogens with two attached hydrogens (primary N) is 1. The van der Waals surface area contributed by atoms with Gasteiger partial charge in [-0.25, -0.2) is 4.79 Å². The van der Waals surface area contributed by atoms with Crippen LogP contribution in [-0.2, 0) is 4.79 Å². The van der Waals surface area contributed by atoms with Crippen molar-refractivity contribution in [1.29, 1.82) is 0 Å². The lowest BCUT2D eigenvalue weighted by atomic mass is 10.1. The van der Waals surface area contributed by atoms with Crippen molar-refractivity contribution in [1.82, 2.24) is 9.97 Å². The summed E-state index contributed by atoms with van der Waals surface area (Å²) in [5.41, 5.74) is 2.98. The van der Waals surface area contributed by atoms with Gasteiger partial charge in [0, 0.05) is 11.3 Å². The fourth-order valence-corrected chi connectivity index (χ4v) is 2.75. The summed E-state index contributed by atoms with van der Waals surface area (Å²) in [5.74, 6) is -0.0741. The SMILES string of the molecule is C[C@H]([NH2+][C@H](C)c1ccccc1)C(=O)Nc1ccc2[nH]c(=O)[nH]c2c1. The molecule has 2 aromatic carbocycles. The van der Waals surface area contributed by atoms with E-state index in [2.05, 4.69) is 34.3 Å². The standard InChI is InChI=1S/C18H20N4O2/c1-11(13-6-4-3-5-7-13)19-12(2)17(23)20-14-8-9-15-16(10-14)22-18(24)21-15/h3-12,19H,1-2H3,(H,20,23)(H2,21,22,24)/p+1/t11-,12+/m1/s1. The van der Waals surface area contributed by atoms with E-state index in [1.807, 2.05) is 30.4 Å². The number of aromatic nitrogens is 2. The van der Waals surface area contributed by atoms with Gasteiger partial charge in [-0.2, -0.15) is 0 Å². The van der Waals surface area contributed by atoms with Crippen molar-refractivity contribution in [3.8, 4) is 0 Å². The summed E-state index contributed by atoms with van der Waals surface area (Å²) in [4.78, 5) is 29.0. The van der Waals surface area contributed by atoms with Crippen molar-refractivity contribution in [3.63, 3.8) is 0 Å². The zero-order valence-electron chi connectivity index (χ0n) is 13.7. The third kappa shape index (κ3) is 3.55. The van der Waals surface area contributed by atoms with E-state index in [1.165, 1.54) is 5.56 Å². The molecule has 0 unspecified atom stereocenters. The number of imidazole rings is 1. The third-order valence-corrected chi connectivity index (χ3v) is 4.10. The molecule has 24 heavy (non-hydrogen) atoms. The number of carbonyl (C=O) groups excluding carboxylic acids is 1. The summed E-state index contributed by atoms with van der Waals surface area (Å²) >= 11 is 0. The second-order valence-electron chi connectivity index (χ2n) is 6.01. The highest BCUT2D eigenvalue weighted by Gasteiger charge is 2.20. The van der Waals surface area contributed by atoms with Crippen LogP contribution in [0.25, 0.3) is 11.0 Å². The van der Waals surface area contributed by atoms with Gasteiger partial charge in [-0.1, -0.05) is 30.3 Å². The molecule has 6 heteroatoms. The highest BCUT2D eigenvalue weighted by atomic mass is 16.2. The summed E-state index contributed by atoms with van der Waals surface area (Å²) in [6.07, 6.45) is 0. The molecular weight excluding hydrogens is 304 g/mol. The minimum absolute atomic E-state index is 0.0741. The molecule has 3 aromatic rings. The first-order chi connectivity index (χ1) is 11.5. The number of benzene rings is 2. The normalized spacial score (nSPS) is 13.6. The van der Waals surface area contributed by atoms with Gasteiger partial charge in [-0.15, -0.1) is 0 Å². The fraction of sp³-hybridized carbons (Fsp3) is 0.222. The highest BCUT2D eigenvalue weighted by Crippen LogP contribution is 2.14. The maximum Gasteiger partial charge on any atom is 0.323 e. The first-order valence-electron chi connectivity index (χ1n) is 7.96. The topological polar surface area (TPSA) is 94.4 Å². The van der Waals surface area contributed by atoms with Crippen LogP contribution in [0.4, 0.5) is 5.69 Å². The summed E-state index contributed by atoms with van der Waals surface area (Å²) < 4.78 is 0. The predicted molar refractivity (Wildman–Crippen MR) is 93.8 cm³/mol. The van der Waals surface area contributed by atoms with Crippen LogP contribution in [-0.4, -0.2) is 21.9 Å². The van der Waals surface area contributed by atoms with Crippen molar-refractivity contribution >= 4 is 22.6 Å². The van der Waals surface area contributed by atoms with Gasteiger partial charge in [0.1, 0.15) is 6.04 Å². The molecule has 2 atom stereocenters. The molecule has 0 aliphatic rings. The number of amides is 1. The van der Waals surface area contributed by atoms with E-state index in [9.17, 15) is 9.59 Å². The summed E-state index contributed by atoms with van der Waals surface area (Å²) in [6, 6.07) is 15.3. The van der Waals surface area contributed by atoms with Gasteiger partial charge in [0.25, 0.3) is 5.91 Å². The Hall–Kier alpha value is -2.86. The highest BCUT2D eigenvalue weighted by molar-refractivity contribution is 5.95. The minimum atomic E-state index is -0.258. The maximum absolute atomic E-state index is 12.4. The third-order valence-electron chi connectivity index (χ3n) is 4.10. The second kappa shape index (κ2) is 6.72. The summed E-state index contributed by atoms with van der Waals surface area (Å²) in [7, 11) is 0. The Kier molecular flexibility index (Phi) is 4.48. The van der Waals surface area contributed by atoms with E-state index < -0.39 is 0 Å². The van der Waals surface area contributed by atoms with Crippen LogP contribution < -0.4 is 16.3 Å². The molecule has 0 radical (unpaired) electrons. The monoisotopic (exact) mass is 325 g/mol. The Bertz CT molecular complexity index is 898. The molecule has 1 amide bonds. The van der Waals surface area contributed by atoms with Crippen molar-refractivity contribution in [3.05, 3.63) is 64.6 Å². The van der Waals surface area contributed by atoms with E-state index in [0.29, 0.717) is 11.2 Å². The Morgan fingerprint density at radius 1 is 1.04 bits per heavy atom. The van der Waals surface area contributed by atoms with Crippen LogP contribution in [0.3, 0.4) is 0 Å². The molecule has 124 valence electrons. The first kappa shape index (κ1) is 16.0. The number of fused-ring (bicyclic) bond motifs is 1. The lowest BCUT2D eigenvalue weighted by Gasteiger charge is -2.17. The van der Waals surface area contributed by atoms with Crippen molar-refractivity contribution in [2.75, 3.05) is 5.32 Å². The summed E-state index contributed by atoms with van der Waals surface area (Å²) in [6.45, 7) is 3.96. The van der Waals surface area contributed by atoms with Crippen LogP contribution >= 0.6 is 0 Å². The van der Waals surface area contributed by atoms with Gasteiger partial charge >= 0.3 is 5.69 Å². The number of quaternary nitrogens is 1. The molecule has 0 saturated heterocycles. The number of hydrogen-bond acceptors (Lipinski definition) is 2. The first-order valence-corrected chi connectivity index (χ1v) is 7.96.